The first-order chi connectivity index (χ1) is 16.1. The molecule has 33 heavy (non-hydrogen) atoms. The number of benzene rings is 3. The fourth-order valence-corrected chi connectivity index (χ4v) is 3.68. The lowest BCUT2D eigenvalue weighted by atomic mass is 10.1. The van der Waals surface area contributed by atoms with E-state index in [0.29, 0.717) is 22.6 Å². The third kappa shape index (κ3) is 4.33. The van der Waals surface area contributed by atoms with Crippen molar-refractivity contribution in [1.29, 1.82) is 0 Å². The van der Waals surface area contributed by atoms with Gasteiger partial charge in [-0.25, -0.2) is 18.4 Å². The molecule has 0 atom stereocenters. The number of nitrogens with one attached hydrogen (secondary N) is 1. The van der Waals surface area contributed by atoms with Crippen molar-refractivity contribution < 1.29 is 13.6 Å². The predicted molar refractivity (Wildman–Crippen MR) is 119 cm³/mol. The summed E-state index contributed by atoms with van der Waals surface area (Å²) in [5, 5.41) is 8.16. The van der Waals surface area contributed by atoms with Crippen molar-refractivity contribution in [3.05, 3.63) is 96.3 Å². The van der Waals surface area contributed by atoms with Gasteiger partial charge in [0.15, 0.2) is 0 Å². The van der Waals surface area contributed by atoms with Crippen LogP contribution in [-0.2, 0) is 17.9 Å². The van der Waals surface area contributed by atoms with Gasteiger partial charge in [-0.05, 0) is 54.1 Å². The molecule has 0 radical (unpaired) electrons. The molecule has 0 unspecified atom stereocenters. The summed E-state index contributed by atoms with van der Waals surface area (Å²) in [5.41, 5.74) is 3.14. The van der Waals surface area contributed by atoms with Crippen LogP contribution in [-0.4, -0.2) is 30.9 Å². The van der Waals surface area contributed by atoms with Crippen molar-refractivity contribution in [1.82, 2.24) is 25.0 Å². The second-order valence-electron chi connectivity index (χ2n) is 7.48. The summed E-state index contributed by atoms with van der Waals surface area (Å²) in [5.74, 6) is -1.01. The van der Waals surface area contributed by atoms with E-state index < -0.39 is 11.6 Å². The average Bonchev–Trinajstić information content (AvgIpc) is 3.48. The highest BCUT2D eigenvalue weighted by Gasteiger charge is 2.20. The molecule has 5 aromatic rings. The van der Waals surface area contributed by atoms with E-state index >= 15 is 0 Å². The van der Waals surface area contributed by atoms with Gasteiger partial charge in [-0.2, -0.15) is 0 Å². The van der Waals surface area contributed by atoms with Crippen molar-refractivity contribution in [2.24, 2.45) is 0 Å². The highest BCUT2D eigenvalue weighted by atomic mass is 19.1. The van der Waals surface area contributed by atoms with Crippen LogP contribution in [0.25, 0.3) is 22.4 Å². The van der Waals surface area contributed by atoms with Crippen LogP contribution in [0.3, 0.4) is 0 Å². The molecule has 2 heterocycles. The zero-order valence-corrected chi connectivity index (χ0v) is 17.3. The van der Waals surface area contributed by atoms with Crippen molar-refractivity contribution >= 4 is 22.6 Å². The smallest absolute Gasteiger partial charge is 0.249 e. The van der Waals surface area contributed by atoms with Crippen LogP contribution in [0.4, 0.5) is 14.5 Å². The van der Waals surface area contributed by atoms with E-state index in [1.165, 1.54) is 21.7 Å². The monoisotopic (exact) mass is 444 g/mol. The van der Waals surface area contributed by atoms with Crippen LogP contribution in [0, 0.1) is 11.6 Å². The number of nitrogens with zero attached hydrogens (tertiary/aromatic N) is 5. The van der Waals surface area contributed by atoms with Gasteiger partial charge >= 0.3 is 0 Å². The largest absolute Gasteiger partial charge is 0.345 e. The van der Waals surface area contributed by atoms with Crippen LogP contribution in [0.5, 0.6) is 0 Å². The summed E-state index contributed by atoms with van der Waals surface area (Å²) in [6, 6.07) is 17.7. The second-order valence-corrected chi connectivity index (χ2v) is 7.48. The molecule has 0 aliphatic rings. The predicted octanol–water partition coefficient (Wildman–Crippen LogP) is 4.33. The number of aromatic nitrogens is 5. The van der Waals surface area contributed by atoms with Gasteiger partial charge in [-0.1, -0.05) is 17.3 Å². The molecular formula is C24H18F2N6O. The molecule has 0 saturated heterocycles. The highest BCUT2D eigenvalue weighted by Crippen LogP contribution is 2.24. The number of amides is 1. The zero-order chi connectivity index (χ0) is 22.8. The van der Waals surface area contributed by atoms with Gasteiger partial charge < -0.3 is 9.88 Å². The van der Waals surface area contributed by atoms with Gasteiger partial charge in [0.05, 0.1) is 12.1 Å². The molecule has 0 bridgehead atoms. The van der Waals surface area contributed by atoms with E-state index in [4.69, 9.17) is 0 Å². The molecule has 0 aliphatic heterocycles. The molecule has 7 nitrogen and oxygen atoms in total. The Morgan fingerprint density at radius 3 is 2.48 bits per heavy atom. The maximum atomic E-state index is 13.8. The molecule has 0 fully saturated rings. The van der Waals surface area contributed by atoms with Crippen LogP contribution in [0.2, 0.25) is 0 Å². The fraction of sp³-hybridized carbons (Fsp3) is 0.0833. The maximum Gasteiger partial charge on any atom is 0.249 e. The van der Waals surface area contributed by atoms with E-state index in [2.05, 4.69) is 20.3 Å². The lowest BCUT2D eigenvalue weighted by Gasteiger charge is -2.23. The number of fused-ring (bicyclic) bond motifs is 1. The number of hydrogen-bond acceptors (Lipinski definition) is 4. The van der Waals surface area contributed by atoms with E-state index in [1.54, 1.807) is 24.5 Å². The van der Waals surface area contributed by atoms with Crippen molar-refractivity contribution in [2.75, 3.05) is 4.90 Å². The summed E-state index contributed by atoms with van der Waals surface area (Å²) in [7, 11) is 0. The minimum atomic E-state index is -0.701. The maximum absolute atomic E-state index is 13.8. The van der Waals surface area contributed by atoms with Crippen LogP contribution in [0.15, 0.2) is 79.1 Å². The highest BCUT2D eigenvalue weighted by molar-refractivity contribution is 5.94. The van der Waals surface area contributed by atoms with E-state index in [-0.39, 0.29) is 19.0 Å². The molecule has 0 aliphatic carbocycles. The Morgan fingerprint density at radius 2 is 1.76 bits per heavy atom. The Morgan fingerprint density at radius 1 is 1.00 bits per heavy atom. The Bertz CT molecular complexity index is 1390. The molecule has 9 heteroatoms. The standard InChI is InChI=1S/C24H18F2N6O/c25-18-11-16(12-19(26)13-18)14-31(20-7-5-17(6-8-20)24-27-9-10-28-24)23(33)15-32-22-4-2-1-3-21(22)29-30-32/h1-13H,14-15H2,(H,27,28). The molecule has 5 rings (SSSR count). The van der Waals surface area contributed by atoms with Crippen molar-refractivity contribution in [3.8, 4) is 11.4 Å². The quantitative estimate of drug-likeness (QED) is 0.423. The summed E-state index contributed by atoms with van der Waals surface area (Å²) >= 11 is 0. The number of anilines is 1. The topological polar surface area (TPSA) is 79.7 Å². The number of H-pyrrole nitrogens is 1. The Kier molecular flexibility index (Phi) is 5.35. The summed E-state index contributed by atoms with van der Waals surface area (Å²) in [6.07, 6.45) is 3.38. The number of halogens is 2. The number of carbonyl (C=O) groups excluding carboxylic acids is 1. The Balaban J connectivity index is 1.48. The Hall–Kier alpha value is -4.40. The van der Waals surface area contributed by atoms with Crippen LogP contribution in [0.1, 0.15) is 5.56 Å². The number of para-hydroxylation sites is 1. The van der Waals surface area contributed by atoms with Crippen LogP contribution < -0.4 is 4.90 Å². The zero-order valence-electron chi connectivity index (χ0n) is 17.3. The number of rotatable bonds is 6. The first-order valence-electron chi connectivity index (χ1n) is 10.2. The molecule has 164 valence electrons. The van der Waals surface area contributed by atoms with Crippen LogP contribution >= 0.6 is 0 Å². The minimum absolute atomic E-state index is 0.0136. The first kappa shape index (κ1) is 20.5. The number of aromatic amines is 1. The van der Waals surface area contributed by atoms with Gasteiger partial charge in [-0.3, -0.25) is 4.79 Å². The van der Waals surface area contributed by atoms with Gasteiger partial charge in [0.2, 0.25) is 5.91 Å². The van der Waals surface area contributed by atoms with E-state index in [1.807, 2.05) is 36.4 Å². The van der Waals surface area contributed by atoms with Gasteiger partial charge in [0.25, 0.3) is 0 Å². The lowest BCUT2D eigenvalue weighted by Crippen LogP contribution is -2.33. The number of imidazole rings is 1. The minimum Gasteiger partial charge on any atom is -0.345 e. The third-order valence-corrected chi connectivity index (χ3v) is 5.22. The summed E-state index contributed by atoms with van der Waals surface area (Å²) in [4.78, 5) is 22.1. The summed E-state index contributed by atoms with van der Waals surface area (Å²) < 4.78 is 29.1. The third-order valence-electron chi connectivity index (χ3n) is 5.22. The fourth-order valence-electron chi connectivity index (χ4n) is 3.68. The van der Waals surface area contributed by atoms with Gasteiger partial charge in [-0.15, -0.1) is 5.10 Å². The molecule has 3 aromatic carbocycles. The SMILES string of the molecule is O=C(Cn1nnc2ccccc21)N(Cc1cc(F)cc(F)c1)c1ccc(-c2ncc[nH]2)cc1. The summed E-state index contributed by atoms with van der Waals surface area (Å²) in [6.45, 7) is -0.0987. The molecule has 1 amide bonds. The average molecular weight is 444 g/mol. The lowest BCUT2D eigenvalue weighted by molar-refractivity contribution is -0.119. The van der Waals surface area contributed by atoms with Gasteiger partial charge in [0.1, 0.15) is 29.5 Å². The van der Waals surface area contributed by atoms with E-state index in [0.717, 1.165) is 17.1 Å². The van der Waals surface area contributed by atoms with Gasteiger partial charge in [0, 0.05) is 29.7 Å². The second kappa shape index (κ2) is 8.62. The Labute approximate surface area is 187 Å². The molecule has 1 N–H and O–H groups in total. The number of hydrogen-bond donors (Lipinski definition) is 1. The molecule has 0 spiro atoms. The normalized spacial score (nSPS) is 11.1. The molecule has 0 saturated carbocycles. The van der Waals surface area contributed by atoms with E-state index in [9.17, 15) is 13.6 Å². The molecule has 2 aromatic heterocycles. The molecular weight excluding hydrogens is 426 g/mol. The van der Waals surface area contributed by atoms with Crippen molar-refractivity contribution in [2.45, 2.75) is 13.1 Å². The number of carbonyl (C=O) groups is 1. The van der Waals surface area contributed by atoms with Crippen molar-refractivity contribution in [3.63, 3.8) is 0 Å². The first-order valence-corrected chi connectivity index (χ1v) is 10.2.